The molecule has 1 aliphatic rings. The Morgan fingerprint density at radius 2 is 2.03 bits per heavy atom. The number of benzene rings is 1. The van der Waals surface area contributed by atoms with Gasteiger partial charge in [0.2, 0.25) is 0 Å². The minimum absolute atomic E-state index is 0.261. The number of carboxylic acids is 1. The number of aliphatic carboxylic acids is 1. The fourth-order valence-electron chi connectivity index (χ4n) is 2.96. The Bertz CT molecular complexity index is 949. The number of nitrogens with zero attached hydrogens (tertiary/aromatic N) is 1. The summed E-state index contributed by atoms with van der Waals surface area (Å²) in [6, 6.07) is 10.8. The van der Waals surface area contributed by atoms with Crippen LogP contribution >= 0.6 is 35.7 Å². The van der Waals surface area contributed by atoms with E-state index in [0.717, 1.165) is 23.7 Å². The summed E-state index contributed by atoms with van der Waals surface area (Å²) in [6.45, 7) is 2.10. The van der Waals surface area contributed by atoms with Gasteiger partial charge in [-0.15, -0.1) is 0 Å². The van der Waals surface area contributed by atoms with E-state index in [-0.39, 0.29) is 4.32 Å². The van der Waals surface area contributed by atoms with Gasteiger partial charge in [-0.25, -0.2) is 4.79 Å². The number of furan rings is 1. The lowest BCUT2D eigenvalue weighted by Crippen LogP contribution is -2.44. The van der Waals surface area contributed by atoms with Crippen LogP contribution in [0.1, 0.15) is 24.7 Å². The van der Waals surface area contributed by atoms with Crippen molar-refractivity contribution in [3.63, 3.8) is 0 Å². The van der Waals surface area contributed by atoms with Crippen molar-refractivity contribution in [1.29, 1.82) is 0 Å². The van der Waals surface area contributed by atoms with Gasteiger partial charge in [-0.1, -0.05) is 55.2 Å². The standard InChI is InChI=1S/C21H21NO4S3/c1-3-13-4-6-14(7-5-13)17-9-8-15(26-17)12-18-19(23)22(21(27)29-18)16(20(24)25)10-11-28-2/h4-9,12,16H,3,10-11H2,1-2H3,(H,24,25). The van der Waals surface area contributed by atoms with Crippen LogP contribution in [0.5, 0.6) is 0 Å². The van der Waals surface area contributed by atoms with Crippen LogP contribution in [-0.4, -0.2) is 44.3 Å². The zero-order valence-electron chi connectivity index (χ0n) is 16.1. The fraction of sp³-hybridized carbons (Fsp3) is 0.286. The molecule has 0 saturated carbocycles. The molecule has 3 rings (SSSR count). The Labute approximate surface area is 183 Å². The number of thiocarbonyl (C=S) groups is 1. The second-order valence-electron chi connectivity index (χ2n) is 6.44. The molecule has 152 valence electrons. The van der Waals surface area contributed by atoms with E-state index in [2.05, 4.69) is 19.1 Å². The highest BCUT2D eigenvalue weighted by molar-refractivity contribution is 8.26. The van der Waals surface area contributed by atoms with Crippen LogP contribution in [0.25, 0.3) is 17.4 Å². The normalized spacial score (nSPS) is 16.6. The predicted molar refractivity (Wildman–Crippen MR) is 123 cm³/mol. The Balaban J connectivity index is 1.80. The first-order valence-electron chi connectivity index (χ1n) is 9.12. The minimum Gasteiger partial charge on any atom is -0.480 e. The highest BCUT2D eigenvalue weighted by atomic mass is 32.2. The summed E-state index contributed by atoms with van der Waals surface area (Å²) in [4.78, 5) is 26.0. The Hall–Kier alpha value is -2.03. The number of hydrogen-bond donors (Lipinski definition) is 1. The summed E-state index contributed by atoms with van der Waals surface area (Å²) in [5, 5.41) is 9.53. The van der Waals surface area contributed by atoms with Crippen molar-refractivity contribution in [1.82, 2.24) is 4.90 Å². The summed E-state index contributed by atoms with van der Waals surface area (Å²) in [7, 11) is 0. The SMILES string of the molecule is CCc1ccc(-c2ccc(C=C3SC(=S)N(C(CCSC)C(=O)O)C3=O)o2)cc1. The highest BCUT2D eigenvalue weighted by Crippen LogP contribution is 2.35. The van der Waals surface area contributed by atoms with Gasteiger partial charge in [-0.3, -0.25) is 9.69 Å². The second kappa shape index (κ2) is 9.65. The maximum Gasteiger partial charge on any atom is 0.326 e. The van der Waals surface area contributed by atoms with E-state index in [1.807, 2.05) is 24.5 Å². The molecule has 1 saturated heterocycles. The van der Waals surface area contributed by atoms with Gasteiger partial charge in [0.05, 0.1) is 4.91 Å². The molecule has 0 spiro atoms. The van der Waals surface area contributed by atoms with Crippen LogP contribution in [0.15, 0.2) is 45.7 Å². The third-order valence-corrected chi connectivity index (χ3v) is 6.54. The summed E-state index contributed by atoms with van der Waals surface area (Å²) < 4.78 is 6.13. The van der Waals surface area contributed by atoms with Crippen LogP contribution < -0.4 is 0 Å². The van der Waals surface area contributed by atoms with Gasteiger partial charge in [0.15, 0.2) is 0 Å². The fourth-order valence-corrected chi connectivity index (χ4v) is 4.76. The third kappa shape index (κ3) is 4.94. The molecule has 1 unspecified atom stereocenters. The first kappa shape index (κ1) is 21.7. The van der Waals surface area contributed by atoms with Gasteiger partial charge < -0.3 is 9.52 Å². The van der Waals surface area contributed by atoms with Crippen molar-refractivity contribution in [3.05, 3.63) is 52.6 Å². The van der Waals surface area contributed by atoms with Gasteiger partial charge in [0, 0.05) is 11.6 Å². The molecule has 1 fully saturated rings. The first-order chi connectivity index (χ1) is 13.9. The quantitative estimate of drug-likeness (QED) is 0.455. The van der Waals surface area contributed by atoms with E-state index in [1.54, 1.807) is 12.1 Å². The molecule has 1 aromatic heterocycles. The summed E-state index contributed by atoms with van der Waals surface area (Å²) >= 11 is 7.93. The molecular weight excluding hydrogens is 426 g/mol. The number of hydrogen-bond acceptors (Lipinski definition) is 6. The molecule has 5 nitrogen and oxygen atoms in total. The predicted octanol–water partition coefficient (Wildman–Crippen LogP) is 4.92. The molecular formula is C21H21NO4S3. The van der Waals surface area contributed by atoms with Crippen molar-refractivity contribution in [2.45, 2.75) is 25.8 Å². The molecule has 0 radical (unpaired) electrons. The molecule has 2 aromatic rings. The smallest absolute Gasteiger partial charge is 0.326 e. The Morgan fingerprint density at radius 3 is 2.66 bits per heavy atom. The summed E-state index contributed by atoms with van der Waals surface area (Å²) in [5.41, 5.74) is 2.20. The molecule has 2 heterocycles. The van der Waals surface area contributed by atoms with Crippen molar-refractivity contribution >= 4 is 58.0 Å². The first-order valence-corrected chi connectivity index (χ1v) is 11.7. The van der Waals surface area contributed by atoms with Gasteiger partial charge in [0.25, 0.3) is 5.91 Å². The van der Waals surface area contributed by atoms with Gasteiger partial charge in [-0.2, -0.15) is 11.8 Å². The van der Waals surface area contributed by atoms with Crippen molar-refractivity contribution in [2.24, 2.45) is 0 Å². The number of aryl methyl sites for hydroxylation is 1. The number of carbonyl (C=O) groups excluding carboxylic acids is 1. The molecule has 29 heavy (non-hydrogen) atoms. The Morgan fingerprint density at radius 1 is 1.31 bits per heavy atom. The molecule has 0 aliphatic carbocycles. The summed E-state index contributed by atoms with van der Waals surface area (Å²) in [6.07, 6.45) is 4.83. The maximum absolute atomic E-state index is 12.8. The van der Waals surface area contributed by atoms with Crippen LogP contribution in [0, 0.1) is 0 Å². The number of rotatable bonds is 8. The van der Waals surface area contributed by atoms with E-state index in [4.69, 9.17) is 16.6 Å². The zero-order valence-corrected chi connectivity index (χ0v) is 18.5. The van der Waals surface area contributed by atoms with E-state index in [1.165, 1.54) is 22.2 Å². The molecule has 1 N–H and O–H groups in total. The van der Waals surface area contributed by atoms with Crippen molar-refractivity contribution in [3.8, 4) is 11.3 Å². The average molecular weight is 448 g/mol. The lowest BCUT2D eigenvalue weighted by molar-refractivity contribution is -0.145. The largest absolute Gasteiger partial charge is 0.480 e. The lowest BCUT2D eigenvalue weighted by Gasteiger charge is -2.22. The number of carbonyl (C=O) groups is 2. The van der Waals surface area contributed by atoms with Gasteiger partial charge in [0.1, 0.15) is 21.9 Å². The van der Waals surface area contributed by atoms with E-state index in [0.29, 0.717) is 28.6 Å². The topological polar surface area (TPSA) is 70.8 Å². The van der Waals surface area contributed by atoms with Gasteiger partial charge in [-0.05, 0) is 42.5 Å². The van der Waals surface area contributed by atoms with Crippen LogP contribution in [0.2, 0.25) is 0 Å². The van der Waals surface area contributed by atoms with Crippen molar-refractivity contribution in [2.75, 3.05) is 12.0 Å². The van der Waals surface area contributed by atoms with Crippen LogP contribution in [0.3, 0.4) is 0 Å². The monoisotopic (exact) mass is 447 g/mol. The van der Waals surface area contributed by atoms with Crippen LogP contribution in [-0.2, 0) is 16.0 Å². The molecule has 1 atom stereocenters. The van der Waals surface area contributed by atoms with E-state index >= 15 is 0 Å². The highest BCUT2D eigenvalue weighted by Gasteiger charge is 2.40. The zero-order chi connectivity index (χ0) is 21.0. The molecule has 1 amide bonds. The molecule has 8 heteroatoms. The molecule has 1 aromatic carbocycles. The number of carboxylic acid groups (broad SMARTS) is 1. The number of thioether (sulfide) groups is 2. The Kier molecular flexibility index (Phi) is 7.21. The van der Waals surface area contributed by atoms with Crippen LogP contribution in [0.4, 0.5) is 0 Å². The molecule has 1 aliphatic heterocycles. The second-order valence-corrected chi connectivity index (χ2v) is 9.10. The van der Waals surface area contributed by atoms with E-state index in [9.17, 15) is 14.7 Å². The average Bonchev–Trinajstić information content (AvgIpc) is 3.28. The summed E-state index contributed by atoms with van der Waals surface area (Å²) in [5.74, 6) is 0.422. The van der Waals surface area contributed by atoms with E-state index < -0.39 is 17.9 Å². The molecule has 0 bridgehead atoms. The lowest BCUT2D eigenvalue weighted by atomic mass is 10.1. The van der Waals surface area contributed by atoms with Crippen molar-refractivity contribution < 1.29 is 19.1 Å². The number of amides is 1. The minimum atomic E-state index is -1.05. The third-order valence-electron chi connectivity index (χ3n) is 4.56. The maximum atomic E-state index is 12.8. The van der Waals surface area contributed by atoms with Gasteiger partial charge >= 0.3 is 5.97 Å².